The number of nitrogens with one attached hydrogen (secondary N) is 1. The van der Waals surface area contributed by atoms with E-state index in [9.17, 15) is 10.1 Å². The fourth-order valence-electron chi connectivity index (χ4n) is 1.30. The number of nitrogens with zero attached hydrogens (tertiary/aromatic N) is 1. The van der Waals surface area contributed by atoms with Crippen LogP contribution in [0.4, 0.5) is 5.00 Å². The van der Waals surface area contributed by atoms with E-state index in [0.29, 0.717) is 13.2 Å². The van der Waals surface area contributed by atoms with Gasteiger partial charge in [-0.3, -0.25) is 10.1 Å². The molecule has 5 nitrogen and oxygen atoms in total. The number of hydrogen-bond donors (Lipinski definition) is 1. The van der Waals surface area contributed by atoms with Crippen molar-refractivity contribution in [3.63, 3.8) is 0 Å². The first-order valence-electron chi connectivity index (χ1n) is 4.92. The minimum Gasteiger partial charge on any atom is -0.383 e. The van der Waals surface area contributed by atoms with Gasteiger partial charge in [0.05, 0.1) is 11.5 Å². The number of hydrogen-bond acceptors (Lipinski definition) is 5. The average Bonchev–Trinajstić information content (AvgIpc) is 2.63. The largest absolute Gasteiger partial charge is 0.383 e. The Balaban J connectivity index is 2.51. The van der Waals surface area contributed by atoms with Crippen molar-refractivity contribution in [2.45, 2.75) is 25.9 Å². The summed E-state index contributed by atoms with van der Waals surface area (Å²) in [6.45, 7) is 5.27. The molecule has 0 amide bonds. The van der Waals surface area contributed by atoms with Gasteiger partial charge in [0.1, 0.15) is 0 Å². The van der Waals surface area contributed by atoms with E-state index in [2.05, 4.69) is 5.32 Å². The van der Waals surface area contributed by atoms with Crippen molar-refractivity contribution in [2.75, 3.05) is 13.7 Å². The van der Waals surface area contributed by atoms with E-state index in [1.165, 1.54) is 17.4 Å². The van der Waals surface area contributed by atoms with Gasteiger partial charge in [0.15, 0.2) is 0 Å². The molecule has 0 bridgehead atoms. The van der Waals surface area contributed by atoms with Gasteiger partial charge >= 0.3 is 5.00 Å². The van der Waals surface area contributed by atoms with E-state index in [-0.39, 0.29) is 15.5 Å². The van der Waals surface area contributed by atoms with Crippen LogP contribution in [0.5, 0.6) is 0 Å². The van der Waals surface area contributed by atoms with Gasteiger partial charge in [0.2, 0.25) is 0 Å². The van der Waals surface area contributed by atoms with Gasteiger partial charge in [-0.2, -0.15) is 0 Å². The van der Waals surface area contributed by atoms with Crippen LogP contribution in [-0.2, 0) is 11.3 Å². The molecule has 1 aromatic heterocycles. The van der Waals surface area contributed by atoms with Gasteiger partial charge in [-0.15, -0.1) is 0 Å². The van der Waals surface area contributed by atoms with E-state index in [1.54, 1.807) is 13.2 Å². The molecule has 0 aliphatic heterocycles. The van der Waals surface area contributed by atoms with Crippen LogP contribution in [0.15, 0.2) is 12.1 Å². The molecule has 0 unspecified atom stereocenters. The van der Waals surface area contributed by atoms with Crippen LogP contribution in [0, 0.1) is 10.1 Å². The van der Waals surface area contributed by atoms with Gasteiger partial charge in [-0.05, 0) is 19.9 Å². The maximum absolute atomic E-state index is 10.5. The summed E-state index contributed by atoms with van der Waals surface area (Å²) in [5.74, 6) is 0. The fourth-order valence-corrected chi connectivity index (χ4v) is 2.06. The third kappa shape index (κ3) is 3.88. The predicted molar refractivity (Wildman–Crippen MR) is 63.8 cm³/mol. The monoisotopic (exact) mass is 244 g/mol. The summed E-state index contributed by atoms with van der Waals surface area (Å²) in [4.78, 5) is 11.1. The highest BCUT2D eigenvalue weighted by Gasteiger charge is 2.17. The average molecular weight is 244 g/mol. The van der Waals surface area contributed by atoms with E-state index in [0.717, 1.165) is 4.88 Å². The van der Waals surface area contributed by atoms with Gasteiger partial charge < -0.3 is 10.1 Å². The van der Waals surface area contributed by atoms with Crippen molar-refractivity contribution >= 4 is 16.3 Å². The van der Waals surface area contributed by atoms with E-state index in [4.69, 9.17) is 4.74 Å². The molecule has 0 saturated carbocycles. The Morgan fingerprint density at radius 1 is 1.56 bits per heavy atom. The van der Waals surface area contributed by atoms with Crippen LogP contribution < -0.4 is 5.32 Å². The number of thiophene rings is 1. The van der Waals surface area contributed by atoms with E-state index >= 15 is 0 Å². The summed E-state index contributed by atoms with van der Waals surface area (Å²) in [5, 5.41) is 14.0. The predicted octanol–water partition coefficient (Wildman–Crippen LogP) is 2.17. The molecule has 16 heavy (non-hydrogen) atoms. The molecular formula is C10H16N2O3S. The van der Waals surface area contributed by atoms with Gasteiger partial charge in [0, 0.05) is 30.1 Å². The summed E-state index contributed by atoms with van der Waals surface area (Å²) in [7, 11) is 1.65. The molecule has 1 rings (SSSR count). The molecule has 1 aromatic rings. The molecule has 6 heteroatoms. The second-order valence-electron chi connectivity index (χ2n) is 4.17. The number of methoxy groups -OCH3 is 1. The Bertz CT molecular complexity index is 363. The molecule has 0 aromatic carbocycles. The topological polar surface area (TPSA) is 64.4 Å². The summed E-state index contributed by atoms with van der Waals surface area (Å²) in [6.07, 6.45) is 0. The van der Waals surface area contributed by atoms with Crippen LogP contribution in [0.1, 0.15) is 18.7 Å². The molecule has 0 spiro atoms. The lowest BCUT2D eigenvalue weighted by Gasteiger charge is -2.24. The lowest BCUT2D eigenvalue weighted by atomic mass is 10.1. The third-order valence-corrected chi connectivity index (χ3v) is 3.11. The Labute approximate surface area is 98.6 Å². The van der Waals surface area contributed by atoms with Crippen molar-refractivity contribution < 1.29 is 9.66 Å². The smallest absolute Gasteiger partial charge is 0.324 e. The number of rotatable bonds is 6. The fraction of sp³-hybridized carbons (Fsp3) is 0.600. The SMILES string of the molecule is COCC(C)(C)NCc1ccc([N+](=O)[O-])s1. The standard InChI is InChI=1S/C10H16N2O3S/c1-10(2,7-15-3)11-6-8-4-5-9(16-8)12(13)14/h4-5,11H,6-7H2,1-3H3. The summed E-state index contributed by atoms with van der Waals surface area (Å²) >= 11 is 1.20. The van der Waals surface area contributed by atoms with Crippen molar-refractivity contribution in [2.24, 2.45) is 0 Å². The zero-order valence-corrected chi connectivity index (χ0v) is 10.5. The highest BCUT2D eigenvalue weighted by Crippen LogP contribution is 2.24. The highest BCUT2D eigenvalue weighted by molar-refractivity contribution is 7.15. The van der Waals surface area contributed by atoms with E-state index < -0.39 is 0 Å². The second-order valence-corrected chi connectivity index (χ2v) is 5.31. The molecular weight excluding hydrogens is 228 g/mol. The quantitative estimate of drug-likeness (QED) is 0.615. The Hall–Kier alpha value is -0.980. The molecule has 0 radical (unpaired) electrons. The van der Waals surface area contributed by atoms with Crippen LogP contribution in [0.25, 0.3) is 0 Å². The zero-order valence-electron chi connectivity index (χ0n) is 9.65. The molecule has 0 fully saturated rings. The Morgan fingerprint density at radius 3 is 2.75 bits per heavy atom. The van der Waals surface area contributed by atoms with Crippen molar-refractivity contribution in [1.82, 2.24) is 5.32 Å². The molecule has 0 saturated heterocycles. The molecule has 1 N–H and O–H groups in total. The van der Waals surface area contributed by atoms with E-state index in [1.807, 2.05) is 13.8 Å². The minimum atomic E-state index is -0.367. The van der Waals surface area contributed by atoms with Crippen molar-refractivity contribution in [1.29, 1.82) is 0 Å². The summed E-state index contributed by atoms with van der Waals surface area (Å²) in [6, 6.07) is 3.31. The van der Waals surface area contributed by atoms with Crippen molar-refractivity contribution in [3.05, 3.63) is 27.1 Å². The van der Waals surface area contributed by atoms with Crippen molar-refractivity contribution in [3.8, 4) is 0 Å². The third-order valence-electron chi connectivity index (χ3n) is 2.07. The molecule has 0 aliphatic carbocycles. The normalized spacial score (nSPS) is 11.7. The second kappa shape index (κ2) is 5.38. The lowest BCUT2D eigenvalue weighted by molar-refractivity contribution is -0.380. The first-order valence-corrected chi connectivity index (χ1v) is 5.73. The van der Waals surface area contributed by atoms with Crippen LogP contribution >= 0.6 is 11.3 Å². The molecule has 0 aliphatic rings. The maximum Gasteiger partial charge on any atom is 0.324 e. The zero-order chi connectivity index (χ0) is 12.2. The first kappa shape index (κ1) is 13.1. The molecule has 1 heterocycles. The summed E-state index contributed by atoms with van der Waals surface area (Å²) in [5.41, 5.74) is -0.131. The first-order chi connectivity index (χ1) is 7.44. The number of nitro groups is 1. The highest BCUT2D eigenvalue weighted by atomic mass is 32.1. The molecule has 90 valence electrons. The lowest BCUT2D eigenvalue weighted by Crippen LogP contribution is -2.42. The van der Waals surface area contributed by atoms with Crippen LogP contribution in [-0.4, -0.2) is 24.2 Å². The maximum atomic E-state index is 10.5. The number of ether oxygens (including phenoxy) is 1. The minimum absolute atomic E-state index is 0.131. The Morgan fingerprint density at radius 2 is 2.25 bits per heavy atom. The van der Waals surface area contributed by atoms with Gasteiger partial charge in [-0.25, -0.2) is 0 Å². The van der Waals surface area contributed by atoms with Crippen LogP contribution in [0.2, 0.25) is 0 Å². The molecule has 0 atom stereocenters. The summed E-state index contributed by atoms with van der Waals surface area (Å²) < 4.78 is 5.07. The van der Waals surface area contributed by atoms with Crippen LogP contribution in [0.3, 0.4) is 0 Å². The van der Waals surface area contributed by atoms with Gasteiger partial charge in [-0.1, -0.05) is 11.3 Å². The Kier molecular flexibility index (Phi) is 4.40. The van der Waals surface area contributed by atoms with Gasteiger partial charge in [0.25, 0.3) is 0 Å².